The molecule has 8 nitrogen and oxygen atoms in total. The lowest BCUT2D eigenvalue weighted by Crippen LogP contribution is -3.11. The molecule has 1 aliphatic rings. The van der Waals surface area contributed by atoms with E-state index in [4.69, 9.17) is 25.8 Å². The molecule has 9 heteroatoms. The molecule has 2 aromatic carbocycles. The molecule has 0 bridgehead atoms. The smallest absolute Gasteiger partial charge is 0.295 e. The number of Topliss-reactive ketones (excluding diaryl/α,β-unsaturated/α-hetero) is 1. The van der Waals surface area contributed by atoms with Crippen LogP contribution in [0.2, 0.25) is 5.02 Å². The second-order valence-electron chi connectivity index (χ2n) is 8.69. The van der Waals surface area contributed by atoms with Crippen LogP contribution in [0.15, 0.2) is 42.0 Å². The van der Waals surface area contributed by atoms with Crippen molar-refractivity contribution in [3.05, 3.63) is 58.1 Å². The fourth-order valence-corrected chi connectivity index (χ4v) is 4.96. The van der Waals surface area contributed by atoms with Gasteiger partial charge in [-0.3, -0.25) is 9.59 Å². The first-order valence-corrected chi connectivity index (χ1v) is 12.9. The Kier molecular flexibility index (Phi) is 9.83. The predicted molar refractivity (Wildman–Crippen MR) is 140 cm³/mol. The Morgan fingerprint density at radius 2 is 1.78 bits per heavy atom. The minimum atomic E-state index is -0.922. The van der Waals surface area contributed by atoms with E-state index < -0.39 is 23.5 Å². The van der Waals surface area contributed by atoms with E-state index in [0.29, 0.717) is 42.4 Å². The van der Waals surface area contributed by atoms with Crippen LogP contribution in [0.3, 0.4) is 0 Å². The van der Waals surface area contributed by atoms with Crippen LogP contribution in [0.5, 0.6) is 17.2 Å². The van der Waals surface area contributed by atoms with Crippen LogP contribution in [-0.2, 0) is 9.59 Å². The molecule has 0 aromatic heterocycles. The number of nitrogens with one attached hydrogen (secondary N) is 1. The van der Waals surface area contributed by atoms with E-state index in [1.54, 1.807) is 30.3 Å². The summed E-state index contributed by atoms with van der Waals surface area (Å²) >= 11 is 6.33. The van der Waals surface area contributed by atoms with Crippen molar-refractivity contribution < 1.29 is 33.8 Å². The van der Waals surface area contributed by atoms with E-state index in [-0.39, 0.29) is 16.2 Å². The molecule has 0 radical (unpaired) electrons. The van der Waals surface area contributed by atoms with Gasteiger partial charge in [-0.1, -0.05) is 35.6 Å². The third-order valence-corrected chi connectivity index (χ3v) is 6.98. The first-order valence-electron chi connectivity index (χ1n) is 12.6. The summed E-state index contributed by atoms with van der Waals surface area (Å²) in [5, 5.41) is 14.0. The number of rotatable bonds is 12. The lowest BCUT2D eigenvalue weighted by Gasteiger charge is -2.29. The Labute approximate surface area is 223 Å². The third-order valence-electron chi connectivity index (χ3n) is 6.68. The van der Waals surface area contributed by atoms with Crippen LogP contribution in [0.1, 0.15) is 44.4 Å². The molecule has 200 valence electrons. The second kappa shape index (κ2) is 12.8. The van der Waals surface area contributed by atoms with Gasteiger partial charge in [0.05, 0.1) is 51.5 Å². The summed E-state index contributed by atoms with van der Waals surface area (Å²) in [6.07, 6.45) is 0.676. The highest BCUT2D eigenvalue weighted by molar-refractivity contribution is 6.46. The molecule has 0 spiro atoms. The first kappa shape index (κ1) is 28.3. The zero-order valence-electron chi connectivity index (χ0n) is 22.1. The largest absolute Gasteiger partial charge is 0.872 e. The van der Waals surface area contributed by atoms with E-state index in [1.165, 1.54) is 30.1 Å². The van der Waals surface area contributed by atoms with E-state index in [1.807, 2.05) is 6.92 Å². The first-order chi connectivity index (χ1) is 17.8. The number of likely N-dealkylation sites (tertiary alicyclic amines) is 1. The Morgan fingerprint density at radius 3 is 2.38 bits per heavy atom. The number of hydrogen-bond acceptors (Lipinski definition) is 6. The van der Waals surface area contributed by atoms with Gasteiger partial charge in [-0.15, -0.1) is 0 Å². The number of benzene rings is 2. The maximum atomic E-state index is 13.8. The molecule has 0 saturated carbocycles. The van der Waals surface area contributed by atoms with Crippen LogP contribution in [-0.4, -0.2) is 63.6 Å². The predicted octanol–water partition coefficient (Wildman–Crippen LogP) is 2.29. The van der Waals surface area contributed by atoms with E-state index in [0.717, 1.165) is 19.6 Å². The van der Waals surface area contributed by atoms with Crippen molar-refractivity contribution in [3.8, 4) is 17.2 Å². The van der Waals surface area contributed by atoms with E-state index in [2.05, 4.69) is 13.8 Å². The number of para-hydroxylation sites is 1. The summed E-state index contributed by atoms with van der Waals surface area (Å²) in [6.45, 7) is 9.55. The van der Waals surface area contributed by atoms with Crippen LogP contribution in [0.4, 0.5) is 0 Å². The molecular formula is C28H35ClN2O6. The van der Waals surface area contributed by atoms with Crippen LogP contribution < -0.4 is 24.2 Å². The Morgan fingerprint density at radius 1 is 1.05 bits per heavy atom. The number of amides is 1. The van der Waals surface area contributed by atoms with Crippen molar-refractivity contribution in [1.82, 2.24) is 4.90 Å². The summed E-state index contributed by atoms with van der Waals surface area (Å²) in [6, 6.07) is 8.91. The molecule has 1 N–H and O–H groups in total. The summed E-state index contributed by atoms with van der Waals surface area (Å²) < 4.78 is 16.6. The number of nitrogens with zero attached hydrogens (tertiary/aromatic N) is 1. The highest BCUT2D eigenvalue weighted by Crippen LogP contribution is 2.45. The molecule has 3 rings (SSSR count). The fraction of sp³-hybridized carbons (Fsp3) is 0.429. The van der Waals surface area contributed by atoms with Crippen molar-refractivity contribution in [2.24, 2.45) is 0 Å². The molecule has 37 heavy (non-hydrogen) atoms. The van der Waals surface area contributed by atoms with Crippen LogP contribution >= 0.6 is 11.6 Å². The molecule has 1 amide bonds. The number of hydrogen-bond donors (Lipinski definition) is 1. The standard InChI is InChI=1S/C28H35ClN2O6/c1-6-30(7-2)15-10-16-31-24(19-11-9-12-22(35-4)27(19)36-5)23(26(33)28(31)34)25(32)18-13-14-21(37-8-3)20(29)17-18/h9,11-14,17,24,32H,6-8,10,15-16H2,1-5H3/b25-23+. The number of quaternary nitrogens is 1. The maximum Gasteiger partial charge on any atom is 0.295 e. The molecule has 1 unspecified atom stereocenters. The average molecular weight is 531 g/mol. The van der Waals surface area contributed by atoms with Crippen molar-refractivity contribution >= 4 is 29.1 Å². The summed E-state index contributed by atoms with van der Waals surface area (Å²) in [4.78, 5) is 29.5. The molecule has 1 aliphatic heterocycles. The number of ketones is 1. The van der Waals surface area contributed by atoms with Gasteiger partial charge in [-0.2, -0.15) is 0 Å². The second-order valence-corrected chi connectivity index (χ2v) is 9.10. The number of ether oxygens (including phenoxy) is 3. The monoisotopic (exact) mass is 530 g/mol. The topological polar surface area (TPSA) is 92.6 Å². The number of carbonyl (C=O) groups is 2. The summed E-state index contributed by atoms with van der Waals surface area (Å²) in [7, 11) is 3.00. The SMILES string of the molecule is CCOc1ccc(/C([O-])=C2\C(=O)C(=O)N(CCC[NH+](CC)CC)C2c2cccc(OC)c2OC)cc1Cl. The number of carbonyl (C=O) groups excluding carboxylic acids is 2. The van der Waals surface area contributed by atoms with Crippen LogP contribution in [0, 0.1) is 0 Å². The Hall–Kier alpha value is -3.23. The van der Waals surface area contributed by atoms with Gasteiger partial charge in [0.25, 0.3) is 5.91 Å². The van der Waals surface area contributed by atoms with E-state index >= 15 is 0 Å². The Bertz CT molecular complexity index is 1160. The normalized spacial score (nSPS) is 16.9. The van der Waals surface area contributed by atoms with Gasteiger partial charge < -0.3 is 29.1 Å². The van der Waals surface area contributed by atoms with Gasteiger partial charge in [0.1, 0.15) is 5.75 Å². The van der Waals surface area contributed by atoms with Gasteiger partial charge >= 0.3 is 0 Å². The molecule has 1 heterocycles. The zero-order chi connectivity index (χ0) is 27.1. The minimum absolute atomic E-state index is 0.132. The number of halogens is 1. The molecule has 1 saturated heterocycles. The highest BCUT2D eigenvalue weighted by atomic mass is 35.5. The van der Waals surface area contributed by atoms with Crippen molar-refractivity contribution in [2.75, 3.05) is 47.0 Å². The third kappa shape index (κ3) is 5.86. The van der Waals surface area contributed by atoms with Crippen LogP contribution in [0.25, 0.3) is 5.76 Å². The molecule has 0 aliphatic carbocycles. The Balaban J connectivity index is 2.14. The van der Waals surface area contributed by atoms with Gasteiger partial charge in [-0.25, -0.2) is 0 Å². The minimum Gasteiger partial charge on any atom is -0.872 e. The van der Waals surface area contributed by atoms with Gasteiger partial charge in [-0.05, 0) is 44.5 Å². The highest BCUT2D eigenvalue weighted by Gasteiger charge is 2.45. The number of methoxy groups -OCH3 is 2. The quantitative estimate of drug-likeness (QED) is 0.257. The van der Waals surface area contributed by atoms with Gasteiger partial charge in [0.15, 0.2) is 11.5 Å². The van der Waals surface area contributed by atoms with Crippen molar-refractivity contribution in [2.45, 2.75) is 33.2 Å². The molecule has 1 fully saturated rings. The molecule has 1 atom stereocenters. The lowest BCUT2D eigenvalue weighted by atomic mass is 9.94. The summed E-state index contributed by atoms with van der Waals surface area (Å²) in [5.41, 5.74) is 0.578. The fourth-order valence-electron chi connectivity index (χ4n) is 4.72. The zero-order valence-corrected chi connectivity index (χ0v) is 22.8. The van der Waals surface area contributed by atoms with E-state index in [9.17, 15) is 14.7 Å². The van der Waals surface area contributed by atoms with Gasteiger partial charge in [0.2, 0.25) is 5.78 Å². The van der Waals surface area contributed by atoms with Crippen molar-refractivity contribution in [3.63, 3.8) is 0 Å². The average Bonchev–Trinajstić information content (AvgIpc) is 3.16. The maximum absolute atomic E-state index is 13.8. The van der Waals surface area contributed by atoms with Crippen molar-refractivity contribution in [1.29, 1.82) is 0 Å². The lowest BCUT2D eigenvalue weighted by molar-refractivity contribution is -0.896. The summed E-state index contributed by atoms with van der Waals surface area (Å²) in [5.74, 6) is -0.840. The molecule has 2 aromatic rings. The molecular weight excluding hydrogens is 496 g/mol. The van der Waals surface area contributed by atoms with Gasteiger partial charge in [0, 0.05) is 24.1 Å².